The fourth-order valence-electron chi connectivity index (χ4n) is 2.32. The summed E-state index contributed by atoms with van der Waals surface area (Å²) in [5.74, 6) is -0.147. The minimum atomic E-state index is -0.157. The average Bonchev–Trinajstić information content (AvgIpc) is 2.47. The Labute approximate surface area is 118 Å². The van der Waals surface area contributed by atoms with Gasteiger partial charge in [-0.2, -0.15) is 5.26 Å². The normalized spacial score (nSPS) is 14.8. The summed E-state index contributed by atoms with van der Waals surface area (Å²) in [4.78, 5) is 27.4. The number of benzene rings is 1. The summed E-state index contributed by atoms with van der Waals surface area (Å²) in [5.41, 5.74) is 1.67. The van der Waals surface area contributed by atoms with E-state index >= 15 is 0 Å². The van der Waals surface area contributed by atoms with Gasteiger partial charge in [-0.05, 0) is 18.6 Å². The van der Waals surface area contributed by atoms with Gasteiger partial charge in [0.1, 0.15) is 6.42 Å². The van der Waals surface area contributed by atoms with E-state index in [1.54, 1.807) is 9.80 Å². The number of carbonyl (C=O) groups is 2. The fraction of sp³-hybridized carbons (Fsp3) is 0.400. The van der Waals surface area contributed by atoms with Crippen LogP contribution in [-0.2, 0) is 4.79 Å². The van der Waals surface area contributed by atoms with Crippen molar-refractivity contribution in [3.05, 3.63) is 35.4 Å². The molecule has 0 saturated carbocycles. The fourth-order valence-corrected chi connectivity index (χ4v) is 2.32. The van der Waals surface area contributed by atoms with Crippen LogP contribution in [0.4, 0.5) is 0 Å². The lowest BCUT2D eigenvalue weighted by atomic mass is 10.1. The monoisotopic (exact) mass is 271 g/mol. The zero-order valence-corrected chi connectivity index (χ0v) is 11.5. The van der Waals surface area contributed by atoms with E-state index in [2.05, 4.69) is 0 Å². The van der Waals surface area contributed by atoms with Crippen LogP contribution in [0.15, 0.2) is 24.3 Å². The van der Waals surface area contributed by atoms with Crippen molar-refractivity contribution in [1.29, 1.82) is 5.26 Å². The Morgan fingerprint density at radius 3 is 2.35 bits per heavy atom. The van der Waals surface area contributed by atoms with Crippen molar-refractivity contribution in [1.82, 2.24) is 9.80 Å². The smallest absolute Gasteiger partial charge is 0.254 e. The molecule has 1 aliphatic rings. The lowest BCUT2D eigenvalue weighted by molar-refractivity contribution is -0.131. The van der Waals surface area contributed by atoms with Crippen molar-refractivity contribution in [2.75, 3.05) is 26.2 Å². The first-order valence-corrected chi connectivity index (χ1v) is 6.63. The molecule has 1 saturated heterocycles. The number of hydrogen-bond donors (Lipinski definition) is 0. The second-order valence-corrected chi connectivity index (χ2v) is 4.82. The summed E-state index contributed by atoms with van der Waals surface area (Å²) < 4.78 is 0. The molecule has 1 heterocycles. The van der Waals surface area contributed by atoms with Gasteiger partial charge in [-0.3, -0.25) is 9.59 Å². The van der Waals surface area contributed by atoms with Crippen LogP contribution >= 0.6 is 0 Å². The molecule has 1 aromatic rings. The van der Waals surface area contributed by atoms with Crippen LogP contribution in [0.1, 0.15) is 22.3 Å². The molecule has 1 fully saturated rings. The van der Waals surface area contributed by atoms with Crippen LogP contribution < -0.4 is 0 Å². The van der Waals surface area contributed by atoms with Gasteiger partial charge in [0.2, 0.25) is 5.91 Å². The predicted octanol–water partition coefficient (Wildman–Crippen LogP) is 1.19. The predicted molar refractivity (Wildman–Crippen MR) is 73.9 cm³/mol. The molecule has 0 aromatic heterocycles. The number of piperazine rings is 1. The summed E-state index contributed by atoms with van der Waals surface area (Å²) >= 11 is 0. The Morgan fingerprint density at radius 1 is 1.15 bits per heavy atom. The maximum absolute atomic E-state index is 12.4. The van der Waals surface area contributed by atoms with E-state index in [0.29, 0.717) is 31.7 Å². The zero-order valence-electron chi connectivity index (χ0n) is 11.5. The largest absolute Gasteiger partial charge is 0.338 e. The van der Waals surface area contributed by atoms with Crippen LogP contribution in [0.2, 0.25) is 0 Å². The van der Waals surface area contributed by atoms with Gasteiger partial charge in [-0.25, -0.2) is 0 Å². The second kappa shape index (κ2) is 6.20. The lowest BCUT2D eigenvalue weighted by Crippen LogP contribution is -2.50. The zero-order chi connectivity index (χ0) is 14.5. The molecule has 2 rings (SSSR count). The minimum absolute atomic E-state index is 0.00971. The molecule has 0 aliphatic carbocycles. The van der Waals surface area contributed by atoms with Crippen molar-refractivity contribution in [2.45, 2.75) is 13.3 Å². The van der Waals surface area contributed by atoms with Crippen LogP contribution in [0.5, 0.6) is 0 Å². The van der Waals surface area contributed by atoms with Crippen molar-refractivity contribution in [2.24, 2.45) is 0 Å². The van der Waals surface area contributed by atoms with Crippen LogP contribution in [0.3, 0.4) is 0 Å². The first-order chi connectivity index (χ1) is 9.63. The molecular weight excluding hydrogens is 254 g/mol. The molecule has 1 aliphatic heterocycles. The molecule has 0 spiro atoms. The van der Waals surface area contributed by atoms with E-state index < -0.39 is 0 Å². The summed E-state index contributed by atoms with van der Waals surface area (Å²) in [6, 6.07) is 9.36. The first-order valence-electron chi connectivity index (χ1n) is 6.63. The van der Waals surface area contributed by atoms with Gasteiger partial charge in [-0.15, -0.1) is 0 Å². The lowest BCUT2D eigenvalue weighted by Gasteiger charge is -2.34. The molecule has 5 heteroatoms. The Morgan fingerprint density at radius 2 is 1.75 bits per heavy atom. The first kappa shape index (κ1) is 14.1. The van der Waals surface area contributed by atoms with Gasteiger partial charge in [-0.1, -0.05) is 18.2 Å². The van der Waals surface area contributed by atoms with Crippen LogP contribution in [0, 0.1) is 18.3 Å². The van der Waals surface area contributed by atoms with Crippen molar-refractivity contribution < 1.29 is 9.59 Å². The van der Waals surface area contributed by atoms with Crippen molar-refractivity contribution in [3.8, 4) is 6.07 Å². The number of aryl methyl sites for hydroxylation is 1. The average molecular weight is 271 g/mol. The van der Waals surface area contributed by atoms with E-state index in [9.17, 15) is 9.59 Å². The van der Waals surface area contributed by atoms with Crippen molar-refractivity contribution in [3.63, 3.8) is 0 Å². The summed E-state index contributed by atoms with van der Waals surface area (Å²) in [6.07, 6.45) is -0.0915. The summed E-state index contributed by atoms with van der Waals surface area (Å²) in [6.45, 7) is 3.95. The number of carbonyl (C=O) groups excluding carboxylic acids is 2. The van der Waals surface area contributed by atoms with Crippen molar-refractivity contribution >= 4 is 11.8 Å². The minimum Gasteiger partial charge on any atom is -0.338 e. The standard InChI is InChI=1S/C15H17N3O2/c1-12-4-2-3-5-13(12)15(20)18-10-8-17(9-11-18)14(19)6-7-16/h2-5H,6,8-11H2,1H3. The number of nitriles is 1. The quantitative estimate of drug-likeness (QED) is 0.811. The molecule has 104 valence electrons. The number of rotatable bonds is 2. The molecule has 20 heavy (non-hydrogen) atoms. The second-order valence-electron chi connectivity index (χ2n) is 4.82. The van der Waals surface area contributed by atoms with Gasteiger partial charge in [0.05, 0.1) is 6.07 Å². The Bertz CT molecular complexity index is 554. The highest BCUT2D eigenvalue weighted by Crippen LogP contribution is 2.13. The molecule has 0 N–H and O–H groups in total. The third kappa shape index (κ3) is 2.97. The highest BCUT2D eigenvalue weighted by Gasteiger charge is 2.25. The molecule has 0 bridgehead atoms. The van der Waals surface area contributed by atoms with Gasteiger partial charge < -0.3 is 9.80 Å². The molecule has 5 nitrogen and oxygen atoms in total. The summed E-state index contributed by atoms with van der Waals surface area (Å²) in [5, 5.41) is 8.52. The molecule has 0 radical (unpaired) electrons. The topological polar surface area (TPSA) is 64.4 Å². The molecule has 0 unspecified atom stereocenters. The van der Waals surface area contributed by atoms with Gasteiger partial charge in [0, 0.05) is 31.7 Å². The summed E-state index contributed by atoms with van der Waals surface area (Å²) in [7, 11) is 0. The number of nitrogens with zero attached hydrogens (tertiary/aromatic N) is 3. The van der Waals surface area contributed by atoms with E-state index in [1.165, 1.54) is 0 Å². The Hall–Kier alpha value is -2.35. The Balaban J connectivity index is 1.98. The van der Waals surface area contributed by atoms with Crippen LogP contribution in [-0.4, -0.2) is 47.8 Å². The third-order valence-corrected chi connectivity index (χ3v) is 3.53. The highest BCUT2D eigenvalue weighted by atomic mass is 16.2. The van der Waals surface area contributed by atoms with E-state index in [1.807, 2.05) is 37.3 Å². The maximum Gasteiger partial charge on any atom is 0.254 e. The SMILES string of the molecule is Cc1ccccc1C(=O)N1CCN(C(=O)CC#N)CC1. The molecule has 1 aromatic carbocycles. The third-order valence-electron chi connectivity index (χ3n) is 3.53. The molecule has 0 atom stereocenters. The molecule has 2 amide bonds. The van der Waals surface area contributed by atoms with Crippen LogP contribution in [0.25, 0.3) is 0 Å². The van der Waals surface area contributed by atoms with E-state index in [0.717, 1.165) is 5.56 Å². The number of hydrogen-bond acceptors (Lipinski definition) is 3. The Kier molecular flexibility index (Phi) is 4.36. The van der Waals surface area contributed by atoms with Gasteiger partial charge in [0.25, 0.3) is 5.91 Å². The number of amides is 2. The maximum atomic E-state index is 12.4. The van der Waals surface area contributed by atoms with Gasteiger partial charge in [0.15, 0.2) is 0 Å². The van der Waals surface area contributed by atoms with Gasteiger partial charge >= 0.3 is 0 Å². The molecular formula is C15H17N3O2. The van der Waals surface area contributed by atoms with E-state index in [-0.39, 0.29) is 18.2 Å². The highest BCUT2D eigenvalue weighted by molar-refractivity contribution is 5.95. The van der Waals surface area contributed by atoms with E-state index in [4.69, 9.17) is 5.26 Å².